The molecule has 1 N–H and O–H groups in total. The second-order valence-electron chi connectivity index (χ2n) is 4.57. The lowest BCUT2D eigenvalue weighted by Crippen LogP contribution is -2.15. The maximum absolute atomic E-state index is 10.6. The summed E-state index contributed by atoms with van der Waals surface area (Å²) in [5, 5.41) is 2.70. The van der Waals surface area contributed by atoms with E-state index >= 15 is 0 Å². The lowest BCUT2D eigenvalue weighted by Gasteiger charge is -2.19. The van der Waals surface area contributed by atoms with Gasteiger partial charge in [0.1, 0.15) is 0 Å². The van der Waals surface area contributed by atoms with Gasteiger partial charge in [0, 0.05) is 22.5 Å². The van der Waals surface area contributed by atoms with Gasteiger partial charge in [-0.05, 0) is 16.5 Å². The Kier molecular flexibility index (Phi) is 3.91. The third-order valence-electron chi connectivity index (χ3n) is 2.25. The molecule has 0 radical (unpaired) electrons. The molecule has 82 valence electrons. The SMILES string of the molecule is CC(C)(C)c1ccc(CNC(=O)Br)cc1. The topological polar surface area (TPSA) is 29.1 Å². The maximum atomic E-state index is 10.6. The normalized spacial score (nSPS) is 11.2. The highest BCUT2D eigenvalue weighted by Crippen LogP contribution is 2.22. The summed E-state index contributed by atoms with van der Waals surface area (Å²) in [7, 11) is 0. The molecule has 1 amide bonds. The molecule has 0 aliphatic rings. The third kappa shape index (κ3) is 4.04. The van der Waals surface area contributed by atoms with Crippen LogP contribution in [0.3, 0.4) is 0 Å². The van der Waals surface area contributed by atoms with Crippen LogP contribution in [-0.2, 0) is 12.0 Å². The highest BCUT2D eigenvalue weighted by molar-refractivity contribution is 9.18. The highest BCUT2D eigenvalue weighted by Gasteiger charge is 2.12. The van der Waals surface area contributed by atoms with Gasteiger partial charge in [-0.2, -0.15) is 0 Å². The molecule has 0 saturated heterocycles. The zero-order chi connectivity index (χ0) is 11.5. The quantitative estimate of drug-likeness (QED) is 0.645. The van der Waals surface area contributed by atoms with E-state index in [2.05, 4.69) is 54.2 Å². The summed E-state index contributed by atoms with van der Waals surface area (Å²) in [5.74, 6) is 0. The van der Waals surface area contributed by atoms with E-state index < -0.39 is 0 Å². The number of amides is 1. The number of carbonyl (C=O) groups is 1. The molecular weight excluding hydrogens is 254 g/mol. The van der Waals surface area contributed by atoms with Crippen molar-refractivity contribution >= 4 is 20.7 Å². The van der Waals surface area contributed by atoms with Crippen molar-refractivity contribution in [1.29, 1.82) is 0 Å². The van der Waals surface area contributed by atoms with Crippen LogP contribution in [0.25, 0.3) is 0 Å². The molecule has 1 rings (SSSR count). The van der Waals surface area contributed by atoms with Gasteiger partial charge >= 0.3 is 0 Å². The van der Waals surface area contributed by atoms with Gasteiger partial charge < -0.3 is 5.32 Å². The number of hydrogen-bond acceptors (Lipinski definition) is 1. The Labute approximate surface area is 99.2 Å². The maximum Gasteiger partial charge on any atom is 0.287 e. The van der Waals surface area contributed by atoms with Crippen molar-refractivity contribution in [1.82, 2.24) is 5.32 Å². The molecule has 0 aliphatic heterocycles. The van der Waals surface area contributed by atoms with E-state index in [-0.39, 0.29) is 10.2 Å². The fourth-order valence-corrected chi connectivity index (χ4v) is 1.43. The molecule has 0 spiro atoms. The molecule has 0 atom stereocenters. The number of carbonyl (C=O) groups excluding carboxylic acids is 1. The van der Waals surface area contributed by atoms with Gasteiger partial charge in [-0.25, -0.2) is 0 Å². The summed E-state index contributed by atoms with van der Waals surface area (Å²) in [5.41, 5.74) is 2.59. The summed E-state index contributed by atoms with van der Waals surface area (Å²) >= 11 is 2.83. The first-order valence-corrected chi connectivity index (χ1v) is 5.71. The monoisotopic (exact) mass is 269 g/mol. The predicted octanol–water partition coefficient (Wildman–Crippen LogP) is 3.59. The van der Waals surface area contributed by atoms with Crippen LogP contribution < -0.4 is 5.32 Å². The van der Waals surface area contributed by atoms with Crippen LogP contribution in [0.1, 0.15) is 31.9 Å². The third-order valence-corrected chi connectivity index (χ3v) is 2.53. The number of halogens is 1. The Bertz CT molecular complexity index is 338. The summed E-state index contributed by atoms with van der Waals surface area (Å²) in [6.07, 6.45) is 0. The fraction of sp³-hybridized carbons (Fsp3) is 0.417. The van der Waals surface area contributed by atoms with Gasteiger partial charge in [0.2, 0.25) is 0 Å². The second-order valence-corrected chi connectivity index (χ2v) is 5.29. The smallest absolute Gasteiger partial charge is 0.287 e. The molecule has 15 heavy (non-hydrogen) atoms. The molecule has 1 aromatic rings. The van der Waals surface area contributed by atoms with Gasteiger partial charge in [-0.15, -0.1) is 0 Å². The Balaban J connectivity index is 2.69. The average Bonchev–Trinajstić information content (AvgIpc) is 2.14. The van der Waals surface area contributed by atoms with Gasteiger partial charge in [0.15, 0.2) is 0 Å². The molecule has 1 aromatic carbocycles. The summed E-state index contributed by atoms with van der Waals surface area (Å²) in [6, 6.07) is 8.30. The molecule has 0 aromatic heterocycles. The van der Waals surface area contributed by atoms with Gasteiger partial charge in [-0.1, -0.05) is 45.0 Å². The van der Waals surface area contributed by atoms with E-state index in [1.165, 1.54) is 5.56 Å². The Morgan fingerprint density at radius 1 is 1.27 bits per heavy atom. The summed E-state index contributed by atoms with van der Waals surface area (Å²) in [4.78, 5) is 10.5. The van der Waals surface area contributed by atoms with Crippen LogP contribution >= 0.6 is 15.9 Å². The minimum atomic E-state index is -0.178. The zero-order valence-corrected chi connectivity index (χ0v) is 10.9. The zero-order valence-electron chi connectivity index (χ0n) is 9.30. The van der Waals surface area contributed by atoms with Crippen LogP contribution in [0.5, 0.6) is 0 Å². The summed E-state index contributed by atoms with van der Waals surface area (Å²) in [6.45, 7) is 7.11. The van der Waals surface area contributed by atoms with E-state index in [9.17, 15) is 4.79 Å². The molecule has 0 bridgehead atoms. The lowest BCUT2D eigenvalue weighted by molar-refractivity contribution is 0.261. The number of nitrogens with one attached hydrogen (secondary N) is 1. The molecule has 3 heteroatoms. The van der Waals surface area contributed by atoms with Crippen LogP contribution in [0, 0.1) is 0 Å². The number of hydrogen-bond donors (Lipinski definition) is 1. The minimum Gasteiger partial charge on any atom is -0.343 e. The Hall–Kier alpha value is -0.830. The van der Waals surface area contributed by atoms with Crippen molar-refractivity contribution in [2.75, 3.05) is 0 Å². The molecule has 0 fully saturated rings. The van der Waals surface area contributed by atoms with Crippen molar-refractivity contribution in [3.63, 3.8) is 0 Å². The standard InChI is InChI=1S/C12H16BrNO/c1-12(2,3)10-6-4-9(5-7-10)8-14-11(13)15/h4-7H,8H2,1-3H3,(H,14,15). The van der Waals surface area contributed by atoms with Crippen LogP contribution in [-0.4, -0.2) is 4.82 Å². The Morgan fingerprint density at radius 2 is 1.80 bits per heavy atom. The highest BCUT2D eigenvalue weighted by atomic mass is 79.9. The van der Waals surface area contributed by atoms with Crippen molar-refractivity contribution in [3.8, 4) is 0 Å². The van der Waals surface area contributed by atoms with Gasteiger partial charge in [0.25, 0.3) is 4.82 Å². The van der Waals surface area contributed by atoms with E-state index in [4.69, 9.17) is 0 Å². The van der Waals surface area contributed by atoms with Crippen molar-refractivity contribution in [2.45, 2.75) is 32.7 Å². The van der Waals surface area contributed by atoms with Gasteiger partial charge in [0.05, 0.1) is 0 Å². The van der Waals surface area contributed by atoms with E-state index in [1.54, 1.807) is 0 Å². The van der Waals surface area contributed by atoms with Crippen molar-refractivity contribution in [3.05, 3.63) is 35.4 Å². The molecule has 0 saturated carbocycles. The fourth-order valence-electron chi connectivity index (χ4n) is 1.29. The molecular formula is C12H16BrNO. The van der Waals surface area contributed by atoms with Crippen molar-refractivity contribution < 1.29 is 4.79 Å². The van der Waals surface area contributed by atoms with Gasteiger partial charge in [-0.3, -0.25) is 4.79 Å². The molecule has 2 nitrogen and oxygen atoms in total. The Morgan fingerprint density at radius 3 is 2.20 bits per heavy atom. The first-order chi connectivity index (χ1) is 6.89. The predicted molar refractivity (Wildman–Crippen MR) is 66.3 cm³/mol. The molecule has 0 unspecified atom stereocenters. The lowest BCUT2D eigenvalue weighted by atomic mass is 9.87. The minimum absolute atomic E-state index is 0.178. The largest absolute Gasteiger partial charge is 0.343 e. The number of benzene rings is 1. The van der Waals surface area contributed by atoms with E-state index in [1.807, 2.05) is 12.1 Å². The van der Waals surface area contributed by atoms with E-state index in [0.717, 1.165) is 5.56 Å². The second kappa shape index (κ2) is 4.79. The average molecular weight is 270 g/mol. The van der Waals surface area contributed by atoms with Crippen LogP contribution in [0.2, 0.25) is 0 Å². The first kappa shape index (κ1) is 12.2. The van der Waals surface area contributed by atoms with Crippen molar-refractivity contribution in [2.24, 2.45) is 0 Å². The molecule has 0 aliphatic carbocycles. The van der Waals surface area contributed by atoms with Crippen LogP contribution in [0.4, 0.5) is 4.79 Å². The van der Waals surface area contributed by atoms with Crippen LogP contribution in [0.15, 0.2) is 24.3 Å². The number of rotatable bonds is 2. The van der Waals surface area contributed by atoms with E-state index in [0.29, 0.717) is 6.54 Å². The first-order valence-electron chi connectivity index (χ1n) is 4.92. The molecule has 0 heterocycles. The summed E-state index contributed by atoms with van der Waals surface area (Å²) < 4.78 is 0.